The zero-order chi connectivity index (χ0) is 18.7. The van der Waals surface area contributed by atoms with Gasteiger partial charge in [-0.05, 0) is 18.2 Å². The SMILES string of the molecule is COc1ccc(C(=O)N2CCN(c3cccc[n+]3O)CC2)cc1[N+](=O)[O-]. The minimum atomic E-state index is -0.567. The van der Waals surface area contributed by atoms with Gasteiger partial charge in [-0.25, -0.2) is 0 Å². The van der Waals surface area contributed by atoms with Crippen molar-refractivity contribution in [3.05, 3.63) is 58.3 Å². The molecular formula is C17H19N4O5+. The Morgan fingerprint density at radius 1 is 1.23 bits per heavy atom. The fourth-order valence-electron chi connectivity index (χ4n) is 2.96. The van der Waals surface area contributed by atoms with Crippen LogP contribution in [-0.2, 0) is 0 Å². The van der Waals surface area contributed by atoms with Crippen molar-refractivity contribution in [2.45, 2.75) is 0 Å². The van der Waals surface area contributed by atoms with E-state index in [-0.39, 0.29) is 22.9 Å². The summed E-state index contributed by atoms with van der Waals surface area (Å²) in [6, 6.07) is 9.55. The van der Waals surface area contributed by atoms with Crippen molar-refractivity contribution >= 4 is 17.4 Å². The standard InChI is InChI=1S/C17H19N4O5/c1-26-15-6-5-13(12-14(15)21(24)25)17(22)19-10-8-18(9-11-19)16-4-2-3-7-20(16)23/h2-7,12,23H,8-11H2,1H3/q+1. The molecule has 0 atom stereocenters. The van der Waals surface area contributed by atoms with E-state index in [1.807, 2.05) is 11.0 Å². The predicted octanol–water partition coefficient (Wildman–Crippen LogP) is 1.09. The van der Waals surface area contributed by atoms with Crippen LogP contribution in [0.25, 0.3) is 0 Å². The maximum atomic E-state index is 12.7. The lowest BCUT2D eigenvalue weighted by Crippen LogP contribution is -2.52. The van der Waals surface area contributed by atoms with Gasteiger partial charge >= 0.3 is 11.5 Å². The molecule has 9 nitrogen and oxygen atoms in total. The molecule has 2 heterocycles. The number of hydrogen-bond acceptors (Lipinski definition) is 6. The quantitative estimate of drug-likeness (QED) is 0.380. The number of amides is 1. The molecule has 1 N–H and O–H groups in total. The number of methoxy groups -OCH3 is 1. The number of hydrogen-bond donors (Lipinski definition) is 1. The summed E-state index contributed by atoms with van der Waals surface area (Å²) >= 11 is 0. The van der Waals surface area contributed by atoms with Crippen LogP contribution in [-0.4, -0.2) is 54.2 Å². The minimum Gasteiger partial charge on any atom is -0.490 e. The highest BCUT2D eigenvalue weighted by molar-refractivity contribution is 5.95. The Hall–Kier alpha value is -3.36. The van der Waals surface area contributed by atoms with Crippen molar-refractivity contribution in [3.8, 4) is 5.75 Å². The minimum absolute atomic E-state index is 0.118. The largest absolute Gasteiger partial charge is 0.490 e. The Morgan fingerprint density at radius 2 is 1.96 bits per heavy atom. The molecule has 1 fully saturated rings. The number of nitro groups is 1. The molecule has 1 aliphatic heterocycles. The second kappa shape index (κ2) is 7.26. The molecule has 1 aliphatic rings. The van der Waals surface area contributed by atoms with Crippen LogP contribution in [0.3, 0.4) is 0 Å². The summed E-state index contributed by atoms with van der Waals surface area (Å²) in [6.45, 7) is 2.00. The lowest BCUT2D eigenvalue weighted by atomic mass is 10.1. The molecule has 0 unspecified atom stereocenters. The van der Waals surface area contributed by atoms with Gasteiger partial charge in [0.15, 0.2) is 5.75 Å². The van der Waals surface area contributed by atoms with E-state index in [1.165, 1.54) is 25.3 Å². The van der Waals surface area contributed by atoms with E-state index in [2.05, 4.69) is 0 Å². The third-order valence-corrected chi connectivity index (χ3v) is 4.33. The molecule has 26 heavy (non-hydrogen) atoms. The molecule has 1 amide bonds. The summed E-state index contributed by atoms with van der Waals surface area (Å²) in [5.74, 6) is 0.507. The van der Waals surface area contributed by atoms with Crippen molar-refractivity contribution < 1.29 is 24.4 Å². The Bertz CT molecular complexity index is 834. The maximum absolute atomic E-state index is 12.7. The van der Waals surface area contributed by atoms with Gasteiger partial charge in [0.1, 0.15) is 19.3 Å². The van der Waals surface area contributed by atoms with Crippen molar-refractivity contribution in [1.29, 1.82) is 0 Å². The van der Waals surface area contributed by atoms with Crippen LogP contribution in [0, 0.1) is 10.1 Å². The first kappa shape index (κ1) is 17.5. The van der Waals surface area contributed by atoms with Gasteiger partial charge in [0.05, 0.1) is 25.1 Å². The number of carbonyl (C=O) groups excluding carboxylic acids is 1. The van der Waals surface area contributed by atoms with Crippen molar-refractivity contribution in [2.75, 3.05) is 38.2 Å². The normalized spacial score (nSPS) is 14.2. The molecule has 0 spiro atoms. The molecule has 1 saturated heterocycles. The lowest BCUT2D eigenvalue weighted by molar-refractivity contribution is -0.894. The zero-order valence-corrected chi connectivity index (χ0v) is 14.2. The first-order valence-electron chi connectivity index (χ1n) is 8.08. The lowest BCUT2D eigenvalue weighted by Gasteiger charge is -2.31. The molecular weight excluding hydrogens is 340 g/mol. The summed E-state index contributed by atoms with van der Waals surface area (Å²) < 4.78 is 6.01. The number of pyridine rings is 1. The van der Waals surface area contributed by atoms with E-state index < -0.39 is 4.92 Å². The Balaban J connectivity index is 1.72. The Labute approximate surface area is 149 Å². The third kappa shape index (κ3) is 3.37. The molecule has 0 bridgehead atoms. The highest BCUT2D eigenvalue weighted by Gasteiger charge is 2.29. The number of nitro benzene ring substituents is 1. The predicted molar refractivity (Wildman–Crippen MR) is 91.6 cm³/mol. The van der Waals surface area contributed by atoms with E-state index in [0.29, 0.717) is 32.0 Å². The molecule has 1 aromatic carbocycles. The van der Waals surface area contributed by atoms with Crippen LogP contribution >= 0.6 is 0 Å². The van der Waals surface area contributed by atoms with Gasteiger partial charge in [-0.2, -0.15) is 0 Å². The number of nitrogens with zero attached hydrogens (tertiary/aromatic N) is 4. The Morgan fingerprint density at radius 3 is 2.58 bits per heavy atom. The summed E-state index contributed by atoms with van der Waals surface area (Å²) in [5.41, 5.74) is 0.0190. The average Bonchev–Trinajstić information content (AvgIpc) is 2.67. The fraction of sp³-hybridized carbons (Fsp3) is 0.294. The van der Waals surface area contributed by atoms with E-state index in [4.69, 9.17) is 4.74 Å². The molecule has 0 saturated carbocycles. The molecule has 1 aromatic heterocycles. The highest BCUT2D eigenvalue weighted by atomic mass is 16.6. The van der Waals surface area contributed by atoms with Crippen LogP contribution in [0.1, 0.15) is 10.4 Å². The summed E-state index contributed by atoms with van der Waals surface area (Å²) in [4.78, 5) is 26.9. The van der Waals surface area contributed by atoms with E-state index in [9.17, 15) is 20.1 Å². The highest BCUT2D eigenvalue weighted by Crippen LogP contribution is 2.28. The first-order valence-corrected chi connectivity index (χ1v) is 8.08. The van der Waals surface area contributed by atoms with E-state index in [1.54, 1.807) is 23.2 Å². The van der Waals surface area contributed by atoms with E-state index >= 15 is 0 Å². The number of benzene rings is 1. The van der Waals surface area contributed by atoms with Crippen LogP contribution < -0.4 is 14.4 Å². The topological polar surface area (TPSA) is 100 Å². The van der Waals surface area contributed by atoms with Gasteiger partial charge in [0.2, 0.25) is 0 Å². The van der Waals surface area contributed by atoms with Crippen molar-refractivity contribution in [1.82, 2.24) is 4.90 Å². The van der Waals surface area contributed by atoms with Gasteiger partial charge in [0, 0.05) is 17.7 Å². The molecule has 0 aliphatic carbocycles. The fourth-order valence-corrected chi connectivity index (χ4v) is 2.96. The van der Waals surface area contributed by atoms with Crippen LogP contribution in [0.4, 0.5) is 11.5 Å². The number of piperazine rings is 1. The number of rotatable bonds is 4. The number of ether oxygens (including phenoxy) is 1. The van der Waals surface area contributed by atoms with Crippen LogP contribution in [0.2, 0.25) is 0 Å². The Kier molecular flexibility index (Phi) is 4.87. The maximum Gasteiger partial charge on any atom is 0.316 e. The summed E-state index contributed by atoms with van der Waals surface area (Å²) in [5, 5.41) is 21.0. The molecule has 3 rings (SSSR count). The molecule has 136 valence electrons. The smallest absolute Gasteiger partial charge is 0.316 e. The molecule has 2 aromatic rings. The number of anilines is 1. The third-order valence-electron chi connectivity index (χ3n) is 4.33. The van der Waals surface area contributed by atoms with Crippen LogP contribution in [0.5, 0.6) is 5.75 Å². The first-order chi connectivity index (χ1) is 12.5. The number of aromatic nitrogens is 1. The van der Waals surface area contributed by atoms with Crippen molar-refractivity contribution in [2.24, 2.45) is 0 Å². The van der Waals surface area contributed by atoms with Gasteiger partial charge in [-0.1, -0.05) is 10.8 Å². The van der Waals surface area contributed by atoms with Gasteiger partial charge in [0.25, 0.3) is 5.91 Å². The molecule has 0 radical (unpaired) electrons. The average molecular weight is 359 g/mol. The van der Waals surface area contributed by atoms with E-state index in [0.717, 1.165) is 4.73 Å². The monoisotopic (exact) mass is 359 g/mol. The molecule has 9 heteroatoms. The van der Waals surface area contributed by atoms with Crippen LogP contribution in [0.15, 0.2) is 42.6 Å². The van der Waals surface area contributed by atoms with Crippen molar-refractivity contribution in [3.63, 3.8) is 0 Å². The van der Waals surface area contributed by atoms with Gasteiger partial charge in [-0.15, -0.1) is 0 Å². The number of carbonyl (C=O) groups is 1. The van der Waals surface area contributed by atoms with Gasteiger partial charge in [-0.3, -0.25) is 19.8 Å². The summed E-state index contributed by atoms with van der Waals surface area (Å²) in [7, 11) is 1.35. The zero-order valence-electron chi connectivity index (χ0n) is 14.2. The van der Waals surface area contributed by atoms with Gasteiger partial charge < -0.3 is 14.8 Å². The summed E-state index contributed by atoms with van der Waals surface area (Å²) in [6.07, 6.45) is 1.54. The second-order valence-electron chi connectivity index (χ2n) is 5.83. The second-order valence-corrected chi connectivity index (χ2v) is 5.83.